The van der Waals surface area contributed by atoms with Gasteiger partial charge < -0.3 is 4.57 Å². The molecule has 0 N–H and O–H groups in total. The van der Waals surface area contributed by atoms with E-state index in [-0.39, 0.29) is 0 Å². The van der Waals surface area contributed by atoms with E-state index >= 15 is 0 Å². The first-order valence-corrected chi connectivity index (χ1v) is 18.4. The predicted octanol–water partition coefficient (Wildman–Crippen LogP) is 12.5. The highest BCUT2D eigenvalue weighted by atomic mass is 15.0. The van der Waals surface area contributed by atoms with Gasteiger partial charge in [-0.05, 0) is 133 Å². The third-order valence-electron chi connectivity index (χ3n) is 10.8. The number of allylic oxidation sites excluding steroid dienone is 7. The molecule has 0 atom stereocenters. The molecule has 52 heavy (non-hydrogen) atoms. The molecule has 3 aliphatic rings. The second kappa shape index (κ2) is 13.2. The van der Waals surface area contributed by atoms with Crippen molar-refractivity contribution in [2.45, 2.75) is 46.0 Å². The number of amidine groups is 1. The van der Waals surface area contributed by atoms with Crippen molar-refractivity contribution in [1.82, 2.24) is 4.57 Å². The molecule has 0 bridgehead atoms. The molecule has 3 aliphatic carbocycles. The third-order valence-corrected chi connectivity index (χ3v) is 10.8. The van der Waals surface area contributed by atoms with Gasteiger partial charge in [0.15, 0.2) is 5.84 Å². The lowest BCUT2D eigenvalue weighted by molar-refractivity contribution is 0.958. The zero-order valence-corrected chi connectivity index (χ0v) is 29.9. The molecule has 0 aliphatic heterocycles. The Labute approximate surface area is 306 Å². The van der Waals surface area contributed by atoms with E-state index in [1.807, 2.05) is 6.07 Å². The van der Waals surface area contributed by atoms with Crippen LogP contribution in [0.25, 0.3) is 44.2 Å². The van der Waals surface area contributed by atoms with Gasteiger partial charge in [-0.3, -0.25) is 0 Å². The summed E-state index contributed by atoms with van der Waals surface area (Å²) in [4.78, 5) is 10.5. The highest BCUT2D eigenvalue weighted by Gasteiger charge is 2.29. The average molecular weight is 672 g/mol. The number of nitrogens with zero attached hydrogens (tertiary/aromatic N) is 3. The van der Waals surface area contributed by atoms with E-state index in [1.165, 1.54) is 77.6 Å². The summed E-state index contributed by atoms with van der Waals surface area (Å²) in [5.41, 5.74) is 17.9. The number of aryl methyl sites for hydroxylation is 1. The fraction of sp³-hybridized carbons (Fsp3) is 0.143. The Morgan fingerprint density at radius 1 is 0.731 bits per heavy atom. The summed E-state index contributed by atoms with van der Waals surface area (Å²) in [6.45, 7) is 8.72. The number of hydrogen-bond acceptors (Lipinski definition) is 1. The topological polar surface area (TPSA) is 29.6 Å². The maximum absolute atomic E-state index is 5.29. The molecule has 1 heterocycles. The molecule has 3 heteroatoms. The molecular weight excluding hydrogens is 631 g/mol. The molecular formula is C49H41N3. The Balaban J connectivity index is 1.19. The first-order chi connectivity index (χ1) is 25.5. The van der Waals surface area contributed by atoms with E-state index in [0.29, 0.717) is 0 Å². The van der Waals surface area contributed by atoms with Crippen molar-refractivity contribution in [2.24, 2.45) is 9.98 Å². The lowest BCUT2D eigenvalue weighted by Gasteiger charge is -2.19. The fourth-order valence-electron chi connectivity index (χ4n) is 8.16. The molecule has 0 radical (unpaired) electrons. The lowest BCUT2D eigenvalue weighted by Crippen LogP contribution is -2.10. The lowest BCUT2D eigenvalue weighted by atomic mass is 9.88. The number of rotatable bonds is 6. The van der Waals surface area contributed by atoms with Crippen LogP contribution in [0.15, 0.2) is 179 Å². The highest BCUT2D eigenvalue weighted by Crippen LogP contribution is 2.45. The number of fused-ring (bicyclic) bond motifs is 6. The number of aliphatic imine (C=N–C) groups is 2. The molecule has 0 spiro atoms. The van der Waals surface area contributed by atoms with E-state index in [9.17, 15) is 0 Å². The van der Waals surface area contributed by atoms with Crippen molar-refractivity contribution in [1.29, 1.82) is 0 Å². The summed E-state index contributed by atoms with van der Waals surface area (Å²) in [5, 5.41) is 2.55. The Morgan fingerprint density at radius 3 is 2.25 bits per heavy atom. The molecule has 0 saturated heterocycles. The average Bonchev–Trinajstić information content (AvgIpc) is 3.73. The molecule has 0 unspecified atom stereocenters. The zero-order valence-electron chi connectivity index (χ0n) is 29.9. The van der Waals surface area contributed by atoms with Gasteiger partial charge in [-0.1, -0.05) is 109 Å². The van der Waals surface area contributed by atoms with Crippen molar-refractivity contribution in [3.8, 4) is 16.8 Å². The van der Waals surface area contributed by atoms with Crippen LogP contribution in [-0.4, -0.2) is 16.1 Å². The first kappa shape index (κ1) is 31.9. The first-order valence-electron chi connectivity index (χ1n) is 18.4. The summed E-state index contributed by atoms with van der Waals surface area (Å²) in [6.07, 6.45) is 13.7. The van der Waals surface area contributed by atoms with Gasteiger partial charge in [-0.2, -0.15) is 0 Å². The molecule has 0 fully saturated rings. The summed E-state index contributed by atoms with van der Waals surface area (Å²) in [6, 6.07) is 41.9. The van der Waals surface area contributed by atoms with E-state index < -0.39 is 0 Å². The summed E-state index contributed by atoms with van der Waals surface area (Å²) < 4.78 is 2.39. The van der Waals surface area contributed by atoms with Crippen molar-refractivity contribution in [2.75, 3.05) is 0 Å². The van der Waals surface area contributed by atoms with Crippen LogP contribution in [0.5, 0.6) is 0 Å². The summed E-state index contributed by atoms with van der Waals surface area (Å²) in [5.74, 6) is 0.783. The van der Waals surface area contributed by atoms with Crippen LogP contribution in [0, 0.1) is 6.92 Å². The Bertz CT molecular complexity index is 2600. The third kappa shape index (κ3) is 5.73. The number of aromatic nitrogens is 1. The molecule has 9 rings (SSSR count). The van der Waals surface area contributed by atoms with Crippen LogP contribution in [0.1, 0.15) is 54.9 Å². The van der Waals surface area contributed by atoms with Gasteiger partial charge in [0.05, 0.1) is 16.7 Å². The van der Waals surface area contributed by atoms with E-state index in [2.05, 4.69) is 158 Å². The Kier molecular flexibility index (Phi) is 8.12. The number of hydrogen-bond donors (Lipinski definition) is 0. The SMILES string of the molecule is C=C(/N=C(\N=C(/C)c1ccccc1)C1=C2C(=CCC1)Cc1ccc(-c3ccc4c(c3)c3cc(C)ccc3n4-c3ccccc3)cc12)C1=CC=CCC1. The smallest absolute Gasteiger partial charge is 0.156 e. The molecule has 5 aromatic carbocycles. The van der Waals surface area contributed by atoms with Crippen LogP contribution in [0.3, 0.4) is 0 Å². The van der Waals surface area contributed by atoms with Gasteiger partial charge >= 0.3 is 0 Å². The molecule has 6 aromatic rings. The molecule has 0 amide bonds. The standard InChI is InChI=1S/C49H41N3/c1-32-22-26-46-44(28-32)45-31-38(25-27-47(45)52(46)41-19-11-6-12-20-41)37-23-24-39-29-40-18-13-21-42(48(40)43(39)30-37)49(50-33(2)35-14-7-4-8-15-35)51-34(3)36-16-9-5-10-17-36/h4-7,9-12,14,16-20,22-28,30-31H,2,8,13,15,21,29H2,1,3H3/b50-49-,51-34+. The maximum Gasteiger partial charge on any atom is 0.156 e. The Morgan fingerprint density at radius 2 is 1.46 bits per heavy atom. The van der Waals surface area contributed by atoms with Crippen molar-refractivity contribution < 1.29 is 0 Å². The quantitative estimate of drug-likeness (QED) is 0.125. The minimum absolute atomic E-state index is 0.783. The zero-order chi connectivity index (χ0) is 35.2. The van der Waals surface area contributed by atoms with Crippen molar-refractivity contribution >= 4 is 38.9 Å². The van der Waals surface area contributed by atoms with Crippen molar-refractivity contribution in [3.05, 3.63) is 191 Å². The fourth-order valence-corrected chi connectivity index (χ4v) is 8.16. The Hall–Kier alpha value is -6.06. The van der Waals surface area contributed by atoms with Crippen molar-refractivity contribution in [3.63, 3.8) is 0 Å². The van der Waals surface area contributed by atoms with E-state index in [4.69, 9.17) is 9.98 Å². The van der Waals surface area contributed by atoms with Crippen LogP contribution in [0.4, 0.5) is 0 Å². The number of benzene rings is 5. The predicted molar refractivity (Wildman–Crippen MR) is 221 cm³/mol. The number of para-hydroxylation sites is 1. The monoisotopic (exact) mass is 671 g/mol. The molecule has 0 saturated carbocycles. The van der Waals surface area contributed by atoms with Gasteiger partial charge in [0, 0.05) is 27.7 Å². The van der Waals surface area contributed by atoms with Gasteiger partial charge in [-0.25, -0.2) is 9.98 Å². The molecule has 1 aromatic heterocycles. The molecule has 3 nitrogen and oxygen atoms in total. The van der Waals surface area contributed by atoms with Crippen LogP contribution < -0.4 is 0 Å². The van der Waals surface area contributed by atoms with E-state index in [0.717, 1.165) is 54.9 Å². The van der Waals surface area contributed by atoms with E-state index in [1.54, 1.807) is 0 Å². The van der Waals surface area contributed by atoms with Gasteiger partial charge in [0.2, 0.25) is 0 Å². The van der Waals surface area contributed by atoms with Crippen LogP contribution in [-0.2, 0) is 6.42 Å². The second-order valence-electron chi connectivity index (χ2n) is 14.2. The maximum atomic E-state index is 5.29. The van der Waals surface area contributed by atoms with Gasteiger partial charge in [0.1, 0.15) is 0 Å². The highest BCUT2D eigenvalue weighted by molar-refractivity contribution is 6.17. The van der Waals surface area contributed by atoms with Gasteiger partial charge in [-0.15, -0.1) is 0 Å². The summed E-state index contributed by atoms with van der Waals surface area (Å²) in [7, 11) is 0. The second-order valence-corrected chi connectivity index (χ2v) is 14.2. The largest absolute Gasteiger partial charge is 0.309 e. The minimum Gasteiger partial charge on any atom is -0.309 e. The minimum atomic E-state index is 0.783. The normalized spacial score (nSPS) is 15.9. The summed E-state index contributed by atoms with van der Waals surface area (Å²) >= 11 is 0. The van der Waals surface area contributed by atoms with Crippen LogP contribution in [0.2, 0.25) is 0 Å². The van der Waals surface area contributed by atoms with Crippen LogP contribution >= 0.6 is 0 Å². The van der Waals surface area contributed by atoms with Gasteiger partial charge in [0.25, 0.3) is 0 Å². The molecule has 252 valence electrons.